The topological polar surface area (TPSA) is 75.1 Å². The number of hydrogen-bond acceptors (Lipinski definition) is 5. The van der Waals surface area contributed by atoms with Crippen molar-refractivity contribution < 1.29 is 14.3 Å². The normalized spacial score (nSPS) is 15.1. The standard InChI is InChI=1S/C25H20FN3O2S/c1-15(24(30)31)27-14-16-7-8-18(19(26)13-16)22-28-20-9-10-21(29-23(20)32-22)25(11-12-25)17-5-3-2-4-6-17/h2-13,15,27H,14H2,1H3,(H,30,31). The molecule has 5 rings (SSSR count). The SMILES string of the molecule is CC(NCc1ccc(-c2nc3ccc(C4(c5ccccc5)C=C4)nc3s2)c(F)c1)C(=O)O. The second-order valence-corrected chi connectivity index (χ2v) is 8.84. The summed E-state index contributed by atoms with van der Waals surface area (Å²) < 4.78 is 14.8. The van der Waals surface area contributed by atoms with Gasteiger partial charge < -0.3 is 10.4 Å². The molecule has 7 heteroatoms. The summed E-state index contributed by atoms with van der Waals surface area (Å²) in [5.41, 5.74) is 3.65. The molecule has 0 aliphatic heterocycles. The molecule has 0 radical (unpaired) electrons. The molecule has 0 amide bonds. The molecule has 2 N–H and O–H groups in total. The van der Waals surface area contributed by atoms with Gasteiger partial charge in [0.05, 0.1) is 11.1 Å². The van der Waals surface area contributed by atoms with E-state index in [4.69, 9.17) is 10.1 Å². The Bertz CT molecular complexity index is 1340. The van der Waals surface area contributed by atoms with Crippen molar-refractivity contribution in [1.82, 2.24) is 15.3 Å². The Balaban J connectivity index is 1.42. The zero-order valence-corrected chi connectivity index (χ0v) is 18.1. The van der Waals surface area contributed by atoms with Gasteiger partial charge in [0.15, 0.2) is 0 Å². The zero-order valence-electron chi connectivity index (χ0n) is 17.2. The van der Waals surface area contributed by atoms with Crippen LogP contribution in [0.2, 0.25) is 0 Å². The maximum absolute atomic E-state index is 14.8. The largest absolute Gasteiger partial charge is 0.480 e. The van der Waals surface area contributed by atoms with E-state index in [9.17, 15) is 9.18 Å². The van der Waals surface area contributed by atoms with Crippen molar-refractivity contribution in [2.24, 2.45) is 0 Å². The quantitative estimate of drug-likeness (QED) is 0.395. The Labute approximate surface area is 188 Å². The number of nitrogens with one attached hydrogen (secondary N) is 1. The van der Waals surface area contributed by atoms with Crippen LogP contribution in [0.15, 0.2) is 72.8 Å². The third-order valence-electron chi connectivity index (χ3n) is 5.68. The fourth-order valence-corrected chi connectivity index (χ4v) is 4.64. The monoisotopic (exact) mass is 445 g/mol. The number of thiazole rings is 1. The van der Waals surface area contributed by atoms with Crippen molar-refractivity contribution >= 4 is 27.7 Å². The molecule has 160 valence electrons. The van der Waals surface area contributed by atoms with Gasteiger partial charge in [0.1, 0.15) is 27.2 Å². The Morgan fingerprint density at radius 2 is 1.91 bits per heavy atom. The molecule has 2 heterocycles. The van der Waals surface area contributed by atoms with Crippen LogP contribution in [0.5, 0.6) is 0 Å². The number of carbonyl (C=O) groups is 1. The molecule has 1 unspecified atom stereocenters. The second kappa shape index (κ2) is 7.93. The number of aliphatic carboxylic acids is 1. The predicted octanol–water partition coefficient (Wildman–Crippen LogP) is 4.92. The van der Waals surface area contributed by atoms with Crippen LogP contribution in [0.1, 0.15) is 23.7 Å². The van der Waals surface area contributed by atoms with E-state index in [0.717, 1.165) is 16.0 Å². The minimum absolute atomic E-state index is 0.268. The minimum atomic E-state index is -0.945. The van der Waals surface area contributed by atoms with E-state index in [1.807, 2.05) is 30.3 Å². The molecular weight excluding hydrogens is 425 g/mol. The molecule has 32 heavy (non-hydrogen) atoms. The van der Waals surface area contributed by atoms with Crippen LogP contribution in [-0.4, -0.2) is 27.1 Å². The van der Waals surface area contributed by atoms with Gasteiger partial charge in [-0.1, -0.05) is 59.9 Å². The van der Waals surface area contributed by atoms with Gasteiger partial charge in [-0.25, -0.2) is 14.4 Å². The van der Waals surface area contributed by atoms with Crippen LogP contribution < -0.4 is 5.32 Å². The Morgan fingerprint density at radius 3 is 2.59 bits per heavy atom. The number of aromatic nitrogens is 2. The summed E-state index contributed by atoms with van der Waals surface area (Å²) in [5, 5.41) is 12.4. The maximum Gasteiger partial charge on any atom is 0.320 e. The molecule has 2 aromatic heterocycles. The highest BCUT2D eigenvalue weighted by molar-refractivity contribution is 7.21. The van der Waals surface area contributed by atoms with Gasteiger partial charge in [0, 0.05) is 12.1 Å². The van der Waals surface area contributed by atoms with E-state index in [2.05, 4.69) is 34.6 Å². The van der Waals surface area contributed by atoms with Crippen molar-refractivity contribution in [3.8, 4) is 10.6 Å². The van der Waals surface area contributed by atoms with Crippen LogP contribution in [0, 0.1) is 5.82 Å². The molecule has 2 aromatic carbocycles. The summed E-state index contributed by atoms with van der Waals surface area (Å²) >= 11 is 1.36. The number of benzene rings is 2. The first-order valence-corrected chi connectivity index (χ1v) is 11.1. The van der Waals surface area contributed by atoms with Gasteiger partial charge in [-0.3, -0.25) is 4.79 Å². The number of hydrogen-bond donors (Lipinski definition) is 2. The molecule has 4 aromatic rings. The fourth-order valence-electron chi connectivity index (χ4n) is 3.67. The van der Waals surface area contributed by atoms with E-state index in [1.54, 1.807) is 19.1 Å². The van der Waals surface area contributed by atoms with Gasteiger partial charge in [-0.05, 0) is 42.3 Å². The number of pyridine rings is 1. The molecule has 5 nitrogen and oxygen atoms in total. The lowest BCUT2D eigenvalue weighted by Crippen LogP contribution is -2.33. The summed E-state index contributed by atoms with van der Waals surface area (Å²) in [6.07, 6.45) is 4.27. The molecule has 1 aliphatic rings. The van der Waals surface area contributed by atoms with Crippen LogP contribution in [0.4, 0.5) is 4.39 Å². The van der Waals surface area contributed by atoms with Gasteiger partial charge in [0.2, 0.25) is 0 Å². The van der Waals surface area contributed by atoms with E-state index in [1.165, 1.54) is 23.0 Å². The fraction of sp³-hybridized carbons (Fsp3) is 0.160. The number of carboxylic acid groups (broad SMARTS) is 1. The minimum Gasteiger partial charge on any atom is -0.480 e. The number of carboxylic acids is 1. The number of rotatable bonds is 7. The molecule has 0 spiro atoms. The van der Waals surface area contributed by atoms with Crippen molar-refractivity contribution in [1.29, 1.82) is 0 Å². The van der Waals surface area contributed by atoms with E-state index >= 15 is 0 Å². The number of fused-ring (bicyclic) bond motifs is 1. The van der Waals surface area contributed by atoms with Gasteiger partial charge in [-0.15, -0.1) is 0 Å². The maximum atomic E-state index is 14.8. The summed E-state index contributed by atoms with van der Waals surface area (Å²) in [6, 6.07) is 18.3. The summed E-state index contributed by atoms with van der Waals surface area (Å²) in [6.45, 7) is 1.82. The van der Waals surface area contributed by atoms with Crippen LogP contribution >= 0.6 is 11.3 Å². The van der Waals surface area contributed by atoms with Gasteiger partial charge >= 0.3 is 5.97 Å². The van der Waals surface area contributed by atoms with Gasteiger partial charge in [0.25, 0.3) is 0 Å². The molecule has 1 aliphatic carbocycles. The Hall–Kier alpha value is -3.42. The van der Waals surface area contributed by atoms with Crippen molar-refractivity contribution in [2.75, 3.05) is 0 Å². The smallest absolute Gasteiger partial charge is 0.320 e. The van der Waals surface area contributed by atoms with Crippen molar-refractivity contribution in [3.05, 3.63) is 95.5 Å². The third kappa shape index (κ3) is 3.70. The lowest BCUT2D eigenvalue weighted by molar-refractivity contribution is -0.139. The number of nitrogens with zero attached hydrogens (tertiary/aromatic N) is 2. The van der Waals surface area contributed by atoms with Gasteiger partial charge in [-0.2, -0.15) is 0 Å². The van der Waals surface area contributed by atoms with Crippen molar-refractivity contribution in [3.63, 3.8) is 0 Å². The first kappa shape index (κ1) is 20.5. The first-order chi connectivity index (χ1) is 15.5. The number of allylic oxidation sites excluding steroid dienone is 2. The Morgan fingerprint density at radius 1 is 1.12 bits per heavy atom. The molecule has 0 saturated carbocycles. The highest BCUT2D eigenvalue weighted by Gasteiger charge is 2.39. The molecule has 0 fully saturated rings. The lowest BCUT2D eigenvalue weighted by Gasteiger charge is -2.15. The second-order valence-electron chi connectivity index (χ2n) is 7.86. The highest BCUT2D eigenvalue weighted by Crippen LogP contribution is 2.45. The van der Waals surface area contributed by atoms with Crippen LogP contribution in [0.25, 0.3) is 20.9 Å². The summed E-state index contributed by atoms with van der Waals surface area (Å²) in [5.74, 6) is -1.34. The van der Waals surface area contributed by atoms with Crippen molar-refractivity contribution in [2.45, 2.75) is 24.9 Å². The Kier molecular flexibility index (Phi) is 5.07. The molecule has 0 bridgehead atoms. The third-order valence-corrected chi connectivity index (χ3v) is 6.68. The summed E-state index contributed by atoms with van der Waals surface area (Å²) in [7, 11) is 0. The average Bonchev–Trinajstić information content (AvgIpc) is 3.51. The molecular formula is C25H20FN3O2S. The highest BCUT2D eigenvalue weighted by atomic mass is 32.1. The van der Waals surface area contributed by atoms with E-state index in [0.29, 0.717) is 16.1 Å². The van der Waals surface area contributed by atoms with Crippen LogP contribution in [-0.2, 0) is 16.8 Å². The average molecular weight is 446 g/mol. The van der Waals surface area contributed by atoms with Crippen LogP contribution in [0.3, 0.4) is 0 Å². The summed E-state index contributed by atoms with van der Waals surface area (Å²) in [4.78, 5) is 21.1. The molecule has 0 saturated heterocycles. The van der Waals surface area contributed by atoms with E-state index < -0.39 is 17.8 Å². The predicted molar refractivity (Wildman–Crippen MR) is 123 cm³/mol. The zero-order chi connectivity index (χ0) is 22.3. The van der Waals surface area contributed by atoms with E-state index in [-0.39, 0.29) is 12.0 Å². The number of halogens is 1. The molecule has 1 atom stereocenters. The first-order valence-electron chi connectivity index (χ1n) is 10.3. The lowest BCUT2D eigenvalue weighted by atomic mass is 9.89.